The number of benzene rings is 4. The van der Waals surface area contributed by atoms with Gasteiger partial charge in [0.2, 0.25) is 0 Å². The number of nitrogens with zero attached hydrogens (tertiary/aromatic N) is 3. The summed E-state index contributed by atoms with van der Waals surface area (Å²) in [6.07, 6.45) is 18.5. The average Bonchev–Trinajstić information content (AvgIpc) is 4.01. The number of aromatic nitrogens is 3. The molecule has 0 N–H and O–H groups in total. The average molecular weight is 734 g/mol. The molecule has 3 nitrogen and oxygen atoms in total. The fraction of sp³-hybridized carbons (Fsp3) is 0.370. The van der Waals surface area contributed by atoms with Crippen LogP contribution in [0.15, 0.2) is 91.3 Å². The van der Waals surface area contributed by atoms with Crippen LogP contribution in [0.5, 0.6) is 0 Å². The van der Waals surface area contributed by atoms with Crippen molar-refractivity contribution in [3.8, 4) is 22.3 Å². The number of pyridine rings is 2. The lowest BCUT2D eigenvalue weighted by Crippen LogP contribution is -2.41. The van der Waals surface area contributed by atoms with Gasteiger partial charge in [0.15, 0.2) is 0 Å². The van der Waals surface area contributed by atoms with Gasteiger partial charge in [-0.2, -0.15) is 0 Å². The molecule has 274 valence electrons. The Morgan fingerprint density at radius 1 is 0.509 bits per heavy atom. The molecule has 0 aliphatic heterocycles. The third kappa shape index (κ3) is 2.94. The highest BCUT2D eigenvalue weighted by Crippen LogP contribution is 2.77. The summed E-state index contributed by atoms with van der Waals surface area (Å²) in [5, 5.41) is 6.09. The van der Waals surface area contributed by atoms with Crippen molar-refractivity contribution in [3.05, 3.63) is 136 Å². The number of fused-ring (bicyclic) bond motifs is 23. The van der Waals surface area contributed by atoms with E-state index in [0.717, 1.165) is 23.7 Å². The molecule has 8 aromatic rings. The van der Waals surface area contributed by atoms with Gasteiger partial charge < -0.3 is 4.40 Å². The van der Waals surface area contributed by atoms with E-state index in [9.17, 15) is 0 Å². The molecule has 10 aliphatic carbocycles. The van der Waals surface area contributed by atoms with Crippen LogP contribution in [0.4, 0.5) is 0 Å². The zero-order valence-electron chi connectivity index (χ0n) is 32.2. The van der Waals surface area contributed by atoms with Crippen LogP contribution in [0.1, 0.15) is 133 Å². The van der Waals surface area contributed by atoms with Crippen LogP contribution in [0.3, 0.4) is 0 Å². The predicted molar refractivity (Wildman–Crippen MR) is 227 cm³/mol. The quantitative estimate of drug-likeness (QED) is 0.155. The first-order chi connectivity index (χ1) is 28.2. The van der Waals surface area contributed by atoms with Crippen LogP contribution in [0.25, 0.3) is 60.3 Å². The van der Waals surface area contributed by atoms with E-state index in [2.05, 4.69) is 95.7 Å². The molecular formula is C54H43N3. The Kier molecular flexibility index (Phi) is 4.69. The van der Waals surface area contributed by atoms with Gasteiger partial charge in [-0.25, -0.2) is 0 Å². The van der Waals surface area contributed by atoms with Gasteiger partial charge in [0.05, 0.1) is 34.4 Å². The maximum atomic E-state index is 5.65. The number of rotatable bonds is 0. The van der Waals surface area contributed by atoms with Gasteiger partial charge in [-0.3, -0.25) is 9.97 Å². The molecule has 0 amide bonds. The highest BCUT2D eigenvalue weighted by atomic mass is 15.0. The fourth-order valence-electron chi connectivity index (χ4n) is 17.6. The lowest BCUT2D eigenvalue weighted by molar-refractivity contribution is 0.00321. The Morgan fingerprint density at radius 2 is 1.09 bits per heavy atom. The molecule has 18 rings (SSSR count). The number of hydrogen-bond acceptors (Lipinski definition) is 2. The third-order valence-electron chi connectivity index (χ3n) is 19.1. The zero-order chi connectivity index (χ0) is 36.3. The van der Waals surface area contributed by atoms with E-state index in [1.807, 2.05) is 0 Å². The molecule has 7 bridgehead atoms. The molecule has 2 spiro atoms. The molecule has 7 atom stereocenters. The summed E-state index contributed by atoms with van der Waals surface area (Å²) in [6, 6.07) is 31.1. The maximum Gasteiger partial charge on any atom is 0.0728 e. The monoisotopic (exact) mass is 733 g/mol. The summed E-state index contributed by atoms with van der Waals surface area (Å²) < 4.78 is 2.71. The van der Waals surface area contributed by atoms with E-state index in [1.54, 1.807) is 16.5 Å². The van der Waals surface area contributed by atoms with Crippen LogP contribution in [0.2, 0.25) is 0 Å². The van der Waals surface area contributed by atoms with Gasteiger partial charge in [0.25, 0.3) is 0 Å². The Morgan fingerprint density at radius 3 is 1.82 bits per heavy atom. The van der Waals surface area contributed by atoms with Crippen molar-refractivity contribution in [1.29, 1.82) is 0 Å². The van der Waals surface area contributed by atoms with Gasteiger partial charge in [-0.05, 0) is 167 Å². The molecule has 4 aromatic heterocycles. The topological polar surface area (TPSA) is 30.2 Å². The lowest BCUT2D eigenvalue weighted by atomic mass is 9.56. The number of hydrogen-bond donors (Lipinski definition) is 0. The Balaban J connectivity index is 1.11. The summed E-state index contributed by atoms with van der Waals surface area (Å²) >= 11 is 0. The first-order valence-corrected chi connectivity index (χ1v) is 22.6. The van der Waals surface area contributed by atoms with Gasteiger partial charge in [0, 0.05) is 44.8 Å². The standard InChI is InChI=1S/C54H43N3/c1-4-10-38-34(7-1)35-8-2-5-11-39(35)54(38)40-12-6-3-9-36(40)46-41(54)21-37-47-42(24-55-50-29-16-26-13-27(17-29)15-28(14-26)44(47)50)57-43-25-56-51-31-19-33-20-32-18-30(22-53(32,33)23-31)45(51)48(43)49(46)52(37)57/h1-12,21,24-33H,13-20,22-23H2. The minimum atomic E-state index is -0.371. The molecule has 5 saturated carbocycles. The molecular weight excluding hydrogens is 691 g/mol. The highest BCUT2D eigenvalue weighted by molar-refractivity contribution is 6.30. The molecule has 57 heavy (non-hydrogen) atoms. The first-order valence-electron chi connectivity index (χ1n) is 22.6. The fourth-order valence-corrected chi connectivity index (χ4v) is 17.6. The van der Waals surface area contributed by atoms with E-state index in [0.29, 0.717) is 29.1 Å². The summed E-state index contributed by atoms with van der Waals surface area (Å²) in [7, 11) is 0. The van der Waals surface area contributed by atoms with Gasteiger partial charge in [-0.1, -0.05) is 72.8 Å². The maximum absolute atomic E-state index is 5.65. The summed E-state index contributed by atoms with van der Waals surface area (Å²) in [5.74, 6) is 6.03. The van der Waals surface area contributed by atoms with E-state index < -0.39 is 0 Å². The largest absolute Gasteiger partial charge is 0.305 e. The Labute approximate surface area is 331 Å². The lowest BCUT2D eigenvalue weighted by Gasteiger charge is -2.48. The molecule has 4 heterocycles. The molecule has 3 heteroatoms. The second-order valence-electron chi connectivity index (χ2n) is 20.9. The molecule has 0 radical (unpaired) electrons. The zero-order valence-corrected chi connectivity index (χ0v) is 32.2. The Bertz CT molecular complexity index is 3180. The second-order valence-corrected chi connectivity index (χ2v) is 20.9. The Hall–Kier alpha value is -5.02. The molecule has 4 aromatic carbocycles. The van der Waals surface area contributed by atoms with E-state index in [1.165, 1.54) is 153 Å². The minimum absolute atomic E-state index is 0.371. The van der Waals surface area contributed by atoms with E-state index in [-0.39, 0.29) is 5.41 Å². The molecule has 5 fully saturated rings. The minimum Gasteiger partial charge on any atom is -0.305 e. The van der Waals surface area contributed by atoms with E-state index >= 15 is 0 Å². The summed E-state index contributed by atoms with van der Waals surface area (Å²) in [5.41, 5.74) is 22.1. The van der Waals surface area contributed by atoms with Crippen LogP contribution in [-0.4, -0.2) is 14.4 Å². The van der Waals surface area contributed by atoms with Crippen LogP contribution >= 0.6 is 0 Å². The predicted octanol–water partition coefficient (Wildman–Crippen LogP) is 12.8. The van der Waals surface area contributed by atoms with Crippen LogP contribution < -0.4 is 0 Å². The van der Waals surface area contributed by atoms with Crippen molar-refractivity contribution < 1.29 is 0 Å². The first kappa shape index (κ1) is 29.2. The van der Waals surface area contributed by atoms with Crippen molar-refractivity contribution in [2.75, 3.05) is 0 Å². The summed E-state index contributed by atoms with van der Waals surface area (Å²) in [4.78, 5) is 11.2. The third-order valence-corrected chi connectivity index (χ3v) is 19.1. The normalized spacial score (nSPS) is 33.1. The smallest absolute Gasteiger partial charge is 0.0728 e. The van der Waals surface area contributed by atoms with Crippen LogP contribution in [-0.2, 0) is 5.41 Å². The van der Waals surface area contributed by atoms with Gasteiger partial charge in [-0.15, -0.1) is 0 Å². The summed E-state index contributed by atoms with van der Waals surface area (Å²) in [6.45, 7) is 0. The van der Waals surface area contributed by atoms with Crippen molar-refractivity contribution in [2.24, 2.45) is 29.1 Å². The van der Waals surface area contributed by atoms with Crippen molar-refractivity contribution in [1.82, 2.24) is 14.4 Å². The SMILES string of the molecule is c1ccc2c(c1)-c1ccccc1C21c2ccccc2-c2c1cc1c3c4c(ncc3n3c5cnc6c(c5c2c13)C1CC2CC3CC6CC32C1)C1CC2CC(C1)CC4C2. The second kappa shape index (κ2) is 9.15. The van der Waals surface area contributed by atoms with E-state index in [4.69, 9.17) is 9.97 Å². The van der Waals surface area contributed by atoms with Crippen molar-refractivity contribution in [2.45, 2.75) is 93.3 Å². The molecule has 0 saturated heterocycles. The van der Waals surface area contributed by atoms with Crippen molar-refractivity contribution >= 4 is 38.1 Å². The van der Waals surface area contributed by atoms with Gasteiger partial charge >= 0.3 is 0 Å². The molecule has 7 unspecified atom stereocenters. The van der Waals surface area contributed by atoms with Crippen molar-refractivity contribution in [3.63, 3.8) is 0 Å². The van der Waals surface area contributed by atoms with Gasteiger partial charge in [0.1, 0.15) is 0 Å². The highest BCUT2D eigenvalue weighted by Gasteiger charge is 2.66. The van der Waals surface area contributed by atoms with Crippen LogP contribution in [0, 0.1) is 29.1 Å². The molecule has 10 aliphatic rings.